The molecule has 0 aromatic carbocycles. The van der Waals surface area contributed by atoms with Gasteiger partial charge in [-0.05, 0) is 31.6 Å². The number of anilines is 1. The first-order chi connectivity index (χ1) is 10.6. The van der Waals surface area contributed by atoms with E-state index < -0.39 is 17.1 Å². The average Bonchev–Trinajstić information content (AvgIpc) is 3.19. The molecule has 1 saturated heterocycles. The van der Waals surface area contributed by atoms with E-state index in [0.717, 1.165) is 49.4 Å². The summed E-state index contributed by atoms with van der Waals surface area (Å²) in [4.78, 5) is 30.6. The number of hydrogen-bond acceptors (Lipinski definition) is 5. The topological polar surface area (TPSA) is 85.6 Å². The Kier molecular flexibility index (Phi) is 2.75. The third-order valence-electron chi connectivity index (χ3n) is 4.39. The molecular formula is C14H16FN5O2. The lowest BCUT2D eigenvalue weighted by atomic mass is 10.2. The molecule has 0 spiro atoms. The van der Waals surface area contributed by atoms with Crippen molar-refractivity contribution >= 4 is 11.5 Å². The van der Waals surface area contributed by atoms with Gasteiger partial charge in [-0.1, -0.05) is 0 Å². The normalized spacial score (nSPS) is 18.3. The molecule has 3 heterocycles. The number of nitrogens with two attached hydrogens (primary N) is 1. The molecule has 0 amide bonds. The molecule has 1 aliphatic carbocycles. The zero-order chi connectivity index (χ0) is 15.4. The quantitative estimate of drug-likeness (QED) is 0.800. The Morgan fingerprint density at radius 3 is 2.55 bits per heavy atom. The van der Waals surface area contributed by atoms with Crippen LogP contribution in [0.3, 0.4) is 0 Å². The highest BCUT2D eigenvalue weighted by Gasteiger charge is 2.32. The minimum atomic E-state index is -0.774. The van der Waals surface area contributed by atoms with Crippen LogP contribution in [0, 0.1) is 5.82 Å². The fraction of sp³-hybridized carbons (Fsp3) is 0.500. The second-order valence-corrected chi connectivity index (χ2v) is 5.95. The Morgan fingerprint density at radius 2 is 1.91 bits per heavy atom. The maximum atomic E-state index is 14.3. The molecule has 116 valence electrons. The van der Waals surface area contributed by atoms with E-state index in [0.29, 0.717) is 10.2 Å². The number of hydrogen-bond donors (Lipinski definition) is 1. The Hall–Kier alpha value is -2.38. The van der Waals surface area contributed by atoms with Crippen molar-refractivity contribution in [3.8, 4) is 0 Å². The van der Waals surface area contributed by atoms with Crippen molar-refractivity contribution in [3.63, 3.8) is 0 Å². The zero-order valence-electron chi connectivity index (χ0n) is 12.0. The van der Waals surface area contributed by atoms with Gasteiger partial charge >= 0.3 is 5.69 Å². The van der Waals surface area contributed by atoms with Gasteiger partial charge in [-0.2, -0.15) is 4.68 Å². The van der Waals surface area contributed by atoms with Crippen LogP contribution in [0.5, 0.6) is 0 Å². The summed E-state index contributed by atoms with van der Waals surface area (Å²) in [7, 11) is 0. The van der Waals surface area contributed by atoms with Crippen LogP contribution in [0.4, 0.5) is 10.2 Å². The highest BCUT2D eigenvalue weighted by Crippen LogP contribution is 2.39. The first kappa shape index (κ1) is 13.3. The third kappa shape index (κ3) is 1.83. The number of fused-ring (bicyclic) bond motifs is 1. The highest BCUT2D eigenvalue weighted by molar-refractivity contribution is 5.55. The lowest BCUT2D eigenvalue weighted by Gasteiger charge is -2.18. The Morgan fingerprint density at radius 1 is 1.23 bits per heavy atom. The fourth-order valence-corrected chi connectivity index (χ4v) is 3.08. The first-order valence-electron chi connectivity index (χ1n) is 7.46. The smallest absolute Gasteiger partial charge is 0.354 e. The van der Waals surface area contributed by atoms with Crippen LogP contribution in [0.15, 0.2) is 15.8 Å². The summed E-state index contributed by atoms with van der Waals surface area (Å²) in [6, 6.07) is 0. The van der Waals surface area contributed by atoms with E-state index in [1.165, 1.54) is 0 Å². The van der Waals surface area contributed by atoms with Gasteiger partial charge in [-0.25, -0.2) is 18.6 Å². The van der Waals surface area contributed by atoms with Crippen molar-refractivity contribution in [2.24, 2.45) is 0 Å². The molecule has 2 aliphatic rings. The largest absolute Gasteiger partial charge is 0.355 e. The highest BCUT2D eigenvalue weighted by atomic mass is 19.1. The van der Waals surface area contributed by atoms with Gasteiger partial charge in [0.2, 0.25) is 0 Å². The zero-order valence-corrected chi connectivity index (χ0v) is 12.0. The molecular weight excluding hydrogens is 289 g/mol. The van der Waals surface area contributed by atoms with Crippen molar-refractivity contribution in [2.45, 2.75) is 31.6 Å². The SMILES string of the molecule is Nn1c(=O)c(C2CC2)c2nc(N3CCCC3)c(F)cn2c1=O. The summed E-state index contributed by atoms with van der Waals surface area (Å²) >= 11 is 0. The lowest BCUT2D eigenvalue weighted by Crippen LogP contribution is -2.44. The Labute approximate surface area is 124 Å². The maximum Gasteiger partial charge on any atom is 0.355 e. The Bertz CT molecular complexity index is 877. The van der Waals surface area contributed by atoms with Gasteiger partial charge in [0.25, 0.3) is 5.56 Å². The molecule has 22 heavy (non-hydrogen) atoms. The van der Waals surface area contributed by atoms with Gasteiger partial charge in [0.15, 0.2) is 17.3 Å². The Balaban J connectivity index is 2.05. The van der Waals surface area contributed by atoms with E-state index in [2.05, 4.69) is 4.98 Å². The predicted octanol–water partition coefficient (Wildman–Crippen LogP) is 0.187. The van der Waals surface area contributed by atoms with Crippen LogP contribution in [0.2, 0.25) is 0 Å². The van der Waals surface area contributed by atoms with Crippen LogP contribution < -0.4 is 22.0 Å². The van der Waals surface area contributed by atoms with Crippen LogP contribution in [0.1, 0.15) is 37.2 Å². The first-order valence-corrected chi connectivity index (χ1v) is 7.46. The standard InChI is InChI=1S/C14H16FN5O2/c15-9-7-19-12(17-11(9)18-5-1-2-6-18)10(8-3-4-8)13(21)20(16)14(19)22/h7-8H,1-6,16H2. The molecule has 2 aromatic heterocycles. The minimum Gasteiger partial charge on any atom is -0.354 e. The van der Waals surface area contributed by atoms with Crippen LogP contribution >= 0.6 is 0 Å². The number of nitrogens with zero attached hydrogens (tertiary/aromatic N) is 4. The van der Waals surface area contributed by atoms with Crippen molar-refractivity contribution in [3.05, 3.63) is 38.4 Å². The van der Waals surface area contributed by atoms with E-state index in [9.17, 15) is 14.0 Å². The summed E-state index contributed by atoms with van der Waals surface area (Å²) in [6.07, 6.45) is 4.79. The molecule has 0 bridgehead atoms. The van der Waals surface area contributed by atoms with E-state index >= 15 is 0 Å². The maximum absolute atomic E-state index is 14.3. The molecule has 4 rings (SSSR count). The van der Waals surface area contributed by atoms with Crippen molar-refractivity contribution in [1.82, 2.24) is 14.1 Å². The third-order valence-corrected chi connectivity index (χ3v) is 4.39. The summed E-state index contributed by atoms with van der Waals surface area (Å²) in [6.45, 7) is 1.47. The van der Waals surface area contributed by atoms with E-state index in [1.807, 2.05) is 4.90 Å². The van der Waals surface area contributed by atoms with Gasteiger partial charge < -0.3 is 10.7 Å². The van der Waals surface area contributed by atoms with Gasteiger partial charge in [0, 0.05) is 13.1 Å². The van der Waals surface area contributed by atoms with Crippen LogP contribution in [-0.2, 0) is 0 Å². The molecule has 7 nitrogen and oxygen atoms in total. The molecule has 1 saturated carbocycles. The van der Waals surface area contributed by atoms with Gasteiger partial charge in [0.1, 0.15) is 0 Å². The number of halogens is 1. The summed E-state index contributed by atoms with van der Waals surface area (Å²) in [5, 5.41) is 0. The molecule has 2 fully saturated rings. The lowest BCUT2D eigenvalue weighted by molar-refractivity contribution is 0.600. The predicted molar refractivity (Wildman–Crippen MR) is 79.3 cm³/mol. The second-order valence-electron chi connectivity index (χ2n) is 5.95. The van der Waals surface area contributed by atoms with Crippen molar-refractivity contribution < 1.29 is 4.39 Å². The number of aromatic nitrogens is 3. The summed E-state index contributed by atoms with van der Waals surface area (Å²) < 4.78 is 15.9. The van der Waals surface area contributed by atoms with E-state index in [1.54, 1.807) is 0 Å². The van der Waals surface area contributed by atoms with Crippen molar-refractivity contribution in [2.75, 3.05) is 23.8 Å². The van der Waals surface area contributed by atoms with Gasteiger partial charge in [-0.15, -0.1) is 0 Å². The molecule has 0 unspecified atom stereocenters. The molecule has 1 aliphatic heterocycles. The average molecular weight is 305 g/mol. The van der Waals surface area contributed by atoms with E-state index in [4.69, 9.17) is 5.84 Å². The monoisotopic (exact) mass is 305 g/mol. The van der Waals surface area contributed by atoms with E-state index in [-0.39, 0.29) is 17.4 Å². The fourth-order valence-electron chi connectivity index (χ4n) is 3.08. The number of nitrogen functional groups attached to an aromatic ring is 1. The van der Waals surface area contributed by atoms with Gasteiger partial charge in [0.05, 0.1) is 11.8 Å². The second kappa shape index (κ2) is 4.56. The van der Waals surface area contributed by atoms with Crippen LogP contribution in [-0.4, -0.2) is 27.2 Å². The molecule has 0 atom stereocenters. The molecule has 8 heteroatoms. The van der Waals surface area contributed by atoms with Crippen LogP contribution in [0.25, 0.3) is 5.65 Å². The molecule has 2 N–H and O–H groups in total. The van der Waals surface area contributed by atoms with Gasteiger partial charge in [-0.3, -0.25) is 4.79 Å². The molecule has 2 aromatic rings. The summed E-state index contributed by atoms with van der Waals surface area (Å²) in [5.74, 6) is 5.24. The minimum absolute atomic E-state index is 0.0577. The number of rotatable bonds is 2. The molecule has 0 radical (unpaired) electrons. The van der Waals surface area contributed by atoms with Crippen molar-refractivity contribution in [1.29, 1.82) is 0 Å². The summed E-state index contributed by atoms with van der Waals surface area (Å²) in [5.41, 5.74) is -0.646.